The molecule has 1 amide bonds. The molecule has 2 heterocycles. The molecule has 1 aliphatic heterocycles. The van der Waals surface area contributed by atoms with Crippen LogP contribution in [-0.4, -0.2) is 73.4 Å². The number of carbonyl (C=O) groups is 3. The number of nitriles is 1. The second-order valence-corrected chi connectivity index (χ2v) is 11.9. The first kappa shape index (κ1) is 38.0. The third-order valence-corrected chi connectivity index (χ3v) is 8.43. The molecule has 1 aliphatic rings. The van der Waals surface area contributed by atoms with Crippen molar-refractivity contribution < 1.29 is 48.3 Å². The van der Waals surface area contributed by atoms with E-state index in [0.29, 0.717) is 44.1 Å². The SMILES string of the molecule is COc1cc(C(CC(=O)NCCOc2ncccc2C#N)c2c(O)cc3c(c2O)C(=O)O[C@@H](C)CCCC(=O)CCCC=C3)cc(OC)c1OC. The molecule has 0 fully saturated rings. The summed E-state index contributed by atoms with van der Waals surface area (Å²) in [6.45, 7) is 1.76. The number of methoxy groups -OCH3 is 3. The normalized spacial score (nSPS) is 15.7. The van der Waals surface area contributed by atoms with E-state index in [4.69, 9.17) is 23.7 Å². The number of ketones is 1. The molecular formula is C38H43N3O10. The Balaban J connectivity index is 1.75. The number of fused-ring (bicyclic) bond motifs is 1. The molecule has 0 bridgehead atoms. The number of nitrogens with one attached hydrogen (secondary N) is 1. The minimum Gasteiger partial charge on any atom is -0.507 e. The van der Waals surface area contributed by atoms with E-state index < -0.39 is 29.6 Å². The van der Waals surface area contributed by atoms with Crippen LogP contribution in [0, 0.1) is 11.3 Å². The van der Waals surface area contributed by atoms with Crippen LogP contribution in [0.2, 0.25) is 0 Å². The van der Waals surface area contributed by atoms with Gasteiger partial charge in [0.15, 0.2) is 11.5 Å². The first-order chi connectivity index (χ1) is 24.6. The summed E-state index contributed by atoms with van der Waals surface area (Å²) < 4.78 is 27.9. The lowest BCUT2D eigenvalue weighted by Crippen LogP contribution is -2.29. The van der Waals surface area contributed by atoms with Crippen molar-refractivity contribution in [3.63, 3.8) is 0 Å². The highest BCUT2D eigenvalue weighted by atomic mass is 16.5. The number of pyridine rings is 1. The van der Waals surface area contributed by atoms with Crippen LogP contribution in [0.25, 0.3) is 6.08 Å². The topological polar surface area (TPSA) is 187 Å². The summed E-state index contributed by atoms with van der Waals surface area (Å²) in [5, 5.41) is 35.5. The van der Waals surface area contributed by atoms with E-state index in [1.165, 1.54) is 33.6 Å². The first-order valence-electron chi connectivity index (χ1n) is 16.6. The number of esters is 1. The van der Waals surface area contributed by atoms with Gasteiger partial charge in [-0.2, -0.15) is 5.26 Å². The number of allylic oxidation sites excluding steroid dienone is 1. The van der Waals surface area contributed by atoms with Gasteiger partial charge in [0, 0.05) is 36.9 Å². The van der Waals surface area contributed by atoms with Crippen molar-refractivity contribution in [2.45, 2.75) is 63.9 Å². The van der Waals surface area contributed by atoms with Crippen molar-refractivity contribution in [1.29, 1.82) is 5.26 Å². The quantitative estimate of drug-likeness (QED) is 0.166. The fourth-order valence-electron chi connectivity index (χ4n) is 5.89. The highest BCUT2D eigenvalue weighted by molar-refractivity contribution is 5.98. The molecular weight excluding hydrogens is 658 g/mol. The minimum absolute atomic E-state index is 0.00610. The Labute approximate surface area is 296 Å². The number of ether oxygens (including phenoxy) is 5. The molecule has 3 aromatic rings. The molecule has 0 aliphatic carbocycles. The molecule has 1 aromatic heterocycles. The zero-order valence-electron chi connectivity index (χ0n) is 29.2. The summed E-state index contributed by atoms with van der Waals surface area (Å²) in [4.78, 5) is 43.5. The number of nitrogens with zero attached hydrogens (tertiary/aromatic N) is 2. The molecule has 0 spiro atoms. The maximum absolute atomic E-state index is 13.7. The number of hydrogen-bond acceptors (Lipinski definition) is 12. The molecule has 3 N–H and O–H groups in total. The molecule has 4 rings (SSSR count). The van der Waals surface area contributed by atoms with Gasteiger partial charge < -0.3 is 39.2 Å². The van der Waals surface area contributed by atoms with Gasteiger partial charge in [0.1, 0.15) is 41.1 Å². The largest absolute Gasteiger partial charge is 0.507 e. The van der Waals surface area contributed by atoms with Gasteiger partial charge in [0.25, 0.3) is 0 Å². The van der Waals surface area contributed by atoms with Gasteiger partial charge in [-0.15, -0.1) is 0 Å². The minimum atomic E-state index is -1.04. The predicted molar refractivity (Wildman–Crippen MR) is 186 cm³/mol. The van der Waals surface area contributed by atoms with Crippen molar-refractivity contribution in [2.24, 2.45) is 0 Å². The van der Waals surface area contributed by atoms with E-state index in [1.807, 2.05) is 6.07 Å². The van der Waals surface area contributed by atoms with Gasteiger partial charge in [-0.05, 0) is 74.1 Å². The second-order valence-electron chi connectivity index (χ2n) is 11.9. The third kappa shape index (κ3) is 9.69. The Kier molecular flexibility index (Phi) is 13.6. The van der Waals surface area contributed by atoms with Gasteiger partial charge in [-0.25, -0.2) is 9.78 Å². The number of amides is 1. The average Bonchev–Trinajstić information content (AvgIpc) is 3.11. The summed E-state index contributed by atoms with van der Waals surface area (Å²) in [7, 11) is 4.31. The lowest BCUT2D eigenvalue weighted by molar-refractivity contribution is -0.121. The first-order valence-corrected chi connectivity index (χ1v) is 16.6. The zero-order valence-corrected chi connectivity index (χ0v) is 29.2. The van der Waals surface area contributed by atoms with Gasteiger partial charge >= 0.3 is 5.97 Å². The Morgan fingerprint density at radius 3 is 2.51 bits per heavy atom. The Morgan fingerprint density at radius 1 is 1.10 bits per heavy atom. The smallest absolute Gasteiger partial charge is 0.342 e. The maximum atomic E-state index is 13.7. The number of benzene rings is 2. The van der Waals surface area contributed by atoms with Gasteiger partial charge in [0.05, 0.1) is 34.0 Å². The van der Waals surface area contributed by atoms with Crippen LogP contribution in [0.4, 0.5) is 0 Å². The third-order valence-electron chi connectivity index (χ3n) is 8.43. The number of phenolic OH excluding ortho intramolecular Hbond substituents is 2. The van der Waals surface area contributed by atoms with E-state index >= 15 is 0 Å². The highest BCUT2D eigenvalue weighted by Crippen LogP contribution is 2.47. The number of carbonyl (C=O) groups excluding carboxylic acids is 3. The van der Waals surface area contributed by atoms with Crippen LogP contribution in [-0.2, 0) is 14.3 Å². The molecule has 2 aromatic carbocycles. The van der Waals surface area contributed by atoms with Crippen molar-refractivity contribution >= 4 is 23.7 Å². The van der Waals surface area contributed by atoms with Crippen molar-refractivity contribution in [1.82, 2.24) is 10.3 Å². The number of hydrogen-bond donors (Lipinski definition) is 3. The molecule has 13 nitrogen and oxygen atoms in total. The van der Waals surface area contributed by atoms with Gasteiger partial charge in [-0.3, -0.25) is 9.59 Å². The van der Waals surface area contributed by atoms with E-state index in [-0.39, 0.29) is 76.5 Å². The number of rotatable bonds is 11. The highest BCUT2D eigenvalue weighted by Gasteiger charge is 2.32. The van der Waals surface area contributed by atoms with Crippen molar-refractivity contribution in [3.8, 4) is 40.7 Å². The second kappa shape index (κ2) is 18.3. The predicted octanol–water partition coefficient (Wildman–Crippen LogP) is 5.59. The fraction of sp³-hybridized carbons (Fsp3) is 0.395. The van der Waals surface area contributed by atoms with Crippen LogP contribution < -0.4 is 24.3 Å². The molecule has 51 heavy (non-hydrogen) atoms. The number of cyclic esters (lactones) is 1. The molecule has 0 radical (unpaired) electrons. The van der Waals surface area contributed by atoms with E-state index in [9.17, 15) is 29.9 Å². The number of aromatic hydroxyl groups is 2. The molecule has 2 atom stereocenters. The number of aromatic nitrogens is 1. The van der Waals surface area contributed by atoms with Crippen molar-refractivity contribution in [3.05, 3.63) is 70.4 Å². The fourth-order valence-corrected chi connectivity index (χ4v) is 5.89. The monoisotopic (exact) mass is 701 g/mol. The zero-order chi connectivity index (χ0) is 36.9. The maximum Gasteiger partial charge on any atom is 0.342 e. The average molecular weight is 702 g/mol. The summed E-state index contributed by atoms with van der Waals surface area (Å²) >= 11 is 0. The molecule has 1 unspecified atom stereocenters. The lowest BCUT2D eigenvalue weighted by Gasteiger charge is -2.24. The molecule has 0 saturated carbocycles. The standard InChI is InChI=1S/C38H43N3O10/c1-23-10-8-14-27(42)13-7-5-6-11-24-18-29(43)34(35(45)33(24)38(46)51-23)28(26-19-30(47-2)36(49-4)31(20-26)48-3)21-32(44)40-16-17-50-37-25(22-39)12-9-15-41-37/h6,9,11-12,15,18-20,23,28,43,45H,5,7-8,10,13-14,16-17,21H2,1-4H3,(H,40,44)/t23-,28?/m0/s1. The number of phenols is 2. The van der Waals surface area contributed by atoms with E-state index in [2.05, 4.69) is 10.3 Å². The molecule has 270 valence electrons. The van der Waals surface area contributed by atoms with E-state index in [0.717, 1.165) is 0 Å². The molecule has 13 heteroatoms. The summed E-state index contributed by atoms with van der Waals surface area (Å²) in [6.07, 6.45) is 6.96. The summed E-state index contributed by atoms with van der Waals surface area (Å²) in [6, 6.07) is 9.71. The van der Waals surface area contributed by atoms with Crippen molar-refractivity contribution in [2.75, 3.05) is 34.5 Å². The Morgan fingerprint density at radius 2 is 1.82 bits per heavy atom. The van der Waals surface area contributed by atoms with Crippen LogP contribution in [0.15, 0.2) is 42.6 Å². The Hall–Kier alpha value is -5.77. The van der Waals surface area contributed by atoms with E-state index in [1.54, 1.807) is 43.3 Å². The number of Topliss-reactive ketones (excluding diaryl/α,β-unsaturated/α-hetero) is 1. The summed E-state index contributed by atoms with van der Waals surface area (Å²) in [5.41, 5.74) is 0.597. The van der Waals surface area contributed by atoms with Crippen LogP contribution >= 0.6 is 0 Å². The van der Waals surface area contributed by atoms with Crippen LogP contribution in [0.1, 0.15) is 90.4 Å². The lowest BCUT2D eigenvalue weighted by atomic mass is 9.84. The molecule has 0 saturated heterocycles. The Bertz CT molecular complexity index is 1770. The summed E-state index contributed by atoms with van der Waals surface area (Å²) in [5.74, 6) is -2.17. The van der Waals surface area contributed by atoms with Crippen LogP contribution in [0.3, 0.4) is 0 Å². The van der Waals surface area contributed by atoms with Gasteiger partial charge in [-0.1, -0.05) is 12.2 Å². The van der Waals surface area contributed by atoms with Gasteiger partial charge in [0.2, 0.25) is 17.5 Å². The van der Waals surface area contributed by atoms with Crippen LogP contribution in [0.5, 0.6) is 34.6 Å².